The summed E-state index contributed by atoms with van der Waals surface area (Å²) in [5.74, 6) is -1.18. The van der Waals surface area contributed by atoms with Gasteiger partial charge in [-0.25, -0.2) is 4.79 Å². The number of hydrogen-bond donors (Lipinski definition) is 0. The molecule has 0 aliphatic carbocycles. The van der Waals surface area contributed by atoms with Crippen LogP contribution in [0.4, 0.5) is 0 Å². The topological polar surface area (TPSA) is 70.3 Å². The van der Waals surface area contributed by atoms with Crippen molar-refractivity contribution in [3.05, 3.63) is 75.1 Å². The smallest absolute Gasteiger partial charge is 0.339 e. The minimum absolute atomic E-state index is 0.0220. The van der Waals surface area contributed by atoms with E-state index in [0.717, 1.165) is 0 Å². The summed E-state index contributed by atoms with van der Waals surface area (Å²) in [6, 6.07) is 13.3. The maximum Gasteiger partial charge on any atom is 0.339 e. The van der Waals surface area contributed by atoms with Crippen LogP contribution in [0.25, 0.3) is 11.0 Å². The minimum atomic E-state index is -0.708. The molecule has 1 aromatic heterocycles. The van der Waals surface area contributed by atoms with E-state index >= 15 is 0 Å². The SMILES string of the molecule is CC(=O)CC(c1ccc(Cl)cc1)c1c([O-])c2ccccc2oc1=O. The molecule has 0 amide bonds. The lowest BCUT2D eigenvalue weighted by Gasteiger charge is -2.22. The molecule has 0 saturated carbocycles. The van der Waals surface area contributed by atoms with Gasteiger partial charge in [0.2, 0.25) is 0 Å². The van der Waals surface area contributed by atoms with Gasteiger partial charge in [0.1, 0.15) is 11.4 Å². The second-order valence-electron chi connectivity index (χ2n) is 5.64. The van der Waals surface area contributed by atoms with Gasteiger partial charge in [-0.3, -0.25) is 4.79 Å². The average Bonchev–Trinajstić information content (AvgIpc) is 2.54. The van der Waals surface area contributed by atoms with Crippen LogP contribution >= 0.6 is 11.6 Å². The van der Waals surface area contributed by atoms with Gasteiger partial charge in [-0.15, -0.1) is 0 Å². The lowest BCUT2D eigenvalue weighted by atomic mass is 9.87. The first-order valence-corrected chi connectivity index (χ1v) is 7.83. The van der Waals surface area contributed by atoms with Crippen LogP contribution in [0.2, 0.25) is 5.02 Å². The predicted molar refractivity (Wildman–Crippen MR) is 90.5 cm³/mol. The first-order chi connectivity index (χ1) is 11.5. The van der Waals surface area contributed by atoms with Gasteiger partial charge >= 0.3 is 5.63 Å². The molecule has 0 radical (unpaired) electrons. The Kier molecular flexibility index (Phi) is 4.40. The molecule has 1 heterocycles. The van der Waals surface area contributed by atoms with Crippen LogP contribution in [0, 0.1) is 0 Å². The van der Waals surface area contributed by atoms with Crippen molar-refractivity contribution >= 4 is 28.4 Å². The van der Waals surface area contributed by atoms with Crippen molar-refractivity contribution in [1.82, 2.24) is 0 Å². The number of carbonyl (C=O) groups excluding carboxylic acids is 1. The Hall–Kier alpha value is -2.59. The monoisotopic (exact) mass is 341 g/mol. The molecule has 0 spiro atoms. The largest absolute Gasteiger partial charge is 0.872 e. The van der Waals surface area contributed by atoms with Crippen LogP contribution in [0.1, 0.15) is 30.4 Å². The average molecular weight is 342 g/mol. The predicted octanol–water partition coefficient (Wildman–Crippen LogP) is 3.63. The van der Waals surface area contributed by atoms with E-state index in [-0.39, 0.29) is 23.4 Å². The molecule has 4 nitrogen and oxygen atoms in total. The molecule has 0 aliphatic heterocycles. The molecule has 1 unspecified atom stereocenters. The van der Waals surface area contributed by atoms with Crippen molar-refractivity contribution in [2.45, 2.75) is 19.3 Å². The number of carbonyl (C=O) groups is 1. The van der Waals surface area contributed by atoms with E-state index in [1.54, 1.807) is 48.5 Å². The van der Waals surface area contributed by atoms with E-state index in [1.807, 2.05) is 0 Å². The maximum absolute atomic E-state index is 12.8. The first-order valence-electron chi connectivity index (χ1n) is 7.45. The fourth-order valence-corrected chi connectivity index (χ4v) is 2.93. The van der Waals surface area contributed by atoms with Gasteiger partial charge in [0, 0.05) is 28.3 Å². The second-order valence-corrected chi connectivity index (χ2v) is 6.08. The fraction of sp³-hybridized carbons (Fsp3) is 0.158. The van der Waals surface area contributed by atoms with Crippen molar-refractivity contribution in [3.8, 4) is 5.75 Å². The number of Topliss-reactive ketones (excluding diaryl/α,β-unsaturated/α-hetero) is 1. The summed E-state index contributed by atoms with van der Waals surface area (Å²) in [6.07, 6.45) is 0.0416. The van der Waals surface area contributed by atoms with Crippen molar-refractivity contribution in [1.29, 1.82) is 0 Å². The molecule has 122 valence electrons. The Labute approximate surface area is 143 Å². The van der Waals surface area contributed by atoms with Crippen molar-refractivity contribution in [3.63, 3.8) is 0 Å². The summed E-state index contributed by atoms with van der Waals surface area (Å²) < 4.78 is 5.29. The van der Waals surface area contributed by atoms with E-state index in [4.69, 9.17) is 16.0 Å². The van der Waals surface area contributed by atoms with E-state index in [1.165, 1.54) is 6.92 Å². The third-order valence-corrected chi connectivity index (χ3v) is 4.16. The lowest BCUT2D eigenvalue weighted by Crippen LogP contribution is -2.19. The molecule has 3 rings (SSSR count). The summed E-state index contributed by atoms with van der Waals surface area (Å²) in [4.78, 5) is 24.1. The van der Waals surface area contributed by atoms with Gasteiger partial charge in [-0.05, 0) is 30.7 Å². The van der Waals surface area contributed by atoms with Gasteiger partial charge in [-0.1, -0.05) is 47.7 Å². The molecule has 0 bridgehead atoms. The first kappa shape index (κ1) is 16.3. The third kappa shape index (κ3) is 3.05. The highest BCUT2D eigenvalue weighted by atomic mass is 35.5. The van der Waals surface area contributed by atoms with Crippen molar-refractivity contribution < 1.29 is 14.3 Å². The molecule has 0 N–H and O–H groups in total. The molecule has 2 aromatic carbocycles. The highest BCUT2D eigenvalue weighted by Gasteiger charge is 2.22. The number of rotatable bonds is 4. The molecule has 0 saturated heterocycles. The molecule has 0 fully saturated rings. The van der Waals surface area contributed by atoms with Crippen LogP contribution in [-0.2, 0) is 4.79 Å². The van der Waals surface area contributed by atoms with Gasteiger partial charge in [0.25, 0.3) is 0 Å². The number of ketones is 1. The summed E-state index contributed by atoms with van der Waals surface area (Å²) in [6.45, 7) is 1.43. The van der Waals surface area contributed by atoms with Crippen LogP contribution in [0.5, 0.6) is 5.75 Å². The normalized spacial score (nSPS) is 12.2. The Morgan fingerprint density at radius 1 is 1.17 bits per heavy atom. The van der Waals surface area contributed by atoms with Crippen LogP contribution in [0.3, 0.4) is 0 Å². The highest BCUT2D eigenvalue weighted by molar-refractivity contribution is 6.30. The van der Waals surface area contributed by atoms with E-state index in [2.05, 4.69) is 0 Å². The summed E-state index contributed by atoms with van der Waals surface area (Å²) in [7, 11) is 0. The highest BCUT2D eigenvalue weighted by Crippen LogP contribution is 2.34. The zero-order chi connectivity index (χ0) is 17.3. The van der Waals surface area contributed by atoms with Gasteiger partial charge in [0.05, 0.1) is 0 Å². The molecular weight excluding hydrogens is 328 g/mol. The van der Waals surface area contributed by atoms with Crippen molar-refractivity contribution in [2.24, 2.45) is 0 Å². The number of para-hydroxylation sites is 1. The number of halogens is 1. The second kappa shape index (κ2) is 6.49. The van der Waals surface area contributed by atoms with Crippen LogP contribution in [0.15, 0.2) is 57.7 Å². The molecule has 24 heavy (non-hydrogen) atoms. The summed E-state index contributed by atoms with van der Waals surface area (Å²) in [5.41, 5.74) is 0.189. The standard InChI is InChI=1S/C19H15ClO4/c1-11(21)10-15(12-6-8-13(20)9-7-12)17-18(22)14-4-2-3-5-16(14)24-19(17)23/h2-9,15,22H,10H2,1H3/p-1. The number of hydrogen-bond acceptors (Lipinski definition) is 4. The van der Waals surface area contributed by atoms with Gasteiger partial charge in [-0.2, -0.15) is 0 Å². The zero-order valence-electron chi connectivity index (χ0n) is 12.9. The molecular formula is C19H14ClO4-. The van der Waals surface area contributed by atoms with Crippen LogP contribution < -0.4 is 10.7 Å². The zero-order valence-corrected chi connectivity index (χ0v) is 13.7. The van der Waals surface area contributed by atoms with E-state index in [9.17, 15) is 14.7 Å². The van der Waals surface area contributed by atoms with Crippen molar-refractivity contribution in [2.75, 3.05) is 0 Å². The Balaban J connectivity index is 2.24. The molecule has 3 aromatic rings. The minimum Gasteiger partial charge on any atom is -0.872 e. The molecule has 5 heteroatoms. The van der Waals surface area contributed by atoms with E-state index < -0.39 is 17.3 Å². The quantitative estimate of drug-likeness (QED) is 0.679. The third-order valence-electron chi connectivity index (χ3n) is 3.91. The number of benzene rings is 2. The van der Waals surface area contributed by atoms with E-state index in [0.29, 0.717) is 16.0 Å². The fourth-order valence-electron chi connectivity index (χ4n) is 2.81. The lowest BCUT2D eigenvalue weighted by molar-refractivity contribution is -0.267. The maximum atomic E-state index is 12.8. The molecule has 1 atom stereocenters. The Morgan fingerprint density at radius 3 is 2.50 bits per heavy atom. The number of fused-ring (bicyclic) bond motifs is 1. The van der Waals surface area contributed by atoms with Gasteiger partial charge < -0.3 is 9.52 Å². The summed E-state index contributed by atoms with van der Waals surface area (Å²) >= 11 is 5.90. The van der Waals surface area contributed by atoms with Crippen LogP contribution in [-0.4, -0.2) is 5.78 Å². The molecule has 0 aliphatic rings. The summed E-state index contributed by atoms with van der Waals surface area (Å²) in [5, 5.41) is 13.7. The van der Waals surface area contributed by atoms with Gasteiger partial charge in [0.15, 0.2) is 0 Å². The Morgan fingerprint density at radius 2 is 1.83 bits per heavy atom. The Bertz CT molecular complexity index is 957.